The molecule has 0 heterocycles. The fraction of sp³-hybridized carbons (Fsp3) is 0.385. The van der Waals surface area contributed by atoms with Crippen molar-refractivity contribution in [1.29, 1.82) is 0 Å². The van der Waals surface area contributed by atoms with Gasteiger partial charge in [-0.1, -0.05) is 13.8 Å². The molecule has 0 unspecified atom stereocenters. The van der Waals surface area contributed by atoms with Gasteiger partial charge in [-0.2, -0.15) is 0 Å². The van der Waals surface area contributed by atoms with Crippen LogP contribution < -0.4 is 9.47 Å². The molecule has 0 aromatic heterocycles. The van der Waals surface area contributed by atoms with Crippen LogP contribution in [0.4, 0.5) is 0 Å². The van der Waals surface area contributed by atoms with Crippen LogP contribution in [0, 0.1) is 0 Å². The van der Waals surface area contributed by atoms with E-state index in [1.54, 1.807) is 13.8 Å². The van der Waals surface area contributed by atoms with Gasteiger partial charge in [0.2, 0.25) is 0 Å². The zero-order chi connectivity index (χ0) is 16.4. The van der Waals surface area contributed by atoms with Gasteiger partial charge in [0.05, 0.1) is 4.90 Å². The third-order valence-electron chi connectivity index (χ3n) is 2.46. The van der Waals surface area contributed by atoms with Gasteiger partial charge in [-0.05, 0) is 12.0 Å². The van der Waals surface area contributed by atoms with Crippen molar-refractivity contribution in [2.75, 3.05) is 0 Å². The Balaban J connectivity index is 3.64. The summed E-state index contributed by atoms with van der Waals surface area (Å²) in [6.45, 7) is 5.87. The van der Waals surface area contributed by atoms with Gasteiger partial charge < -0.3 is 9.47 Å². The maximum Gasteiger partial charge on any atom is 0.308 e. The van der Waals surface area contributed by atoms with E-state index in [4.69, 9.17) is 20.2 Å². The van der Waals surface area contributed by atoms with Gasteiger partial charge in [-0.25, -0.2) is 8.42 Å². The molecule has 0 aliphatic rings. The second-order valence-electron chi connectivity index (χ2n) is 4.62. The molecule has 0 bridgehead atoms. The van der Waals surface area contributed by atoms with E-state index in [1.807, 2.05) is 0 Å². The maximum absolute atomic E-state index is 11.5. The van der Waals surface area contributed by atoms with Crippen LogP contribution in [0.2, 0.25) is 0 Å². The number of carbonyl (C=O) groups is 2. The number of carbonyl (C=O) groups excluding carboxylic acids is 2. The predicted octanol–water partition coefficient (Wildman–Crippen LogP) is 2.59. The monoisotopic (exact) mass is 334 g/mol. The molecule has 0 saturated carbocycles. The fourth-order valence-electron chi connectivity index (χ4n) is 1.65. The van der Waals surface area contributed by atoms with Crippen LogP contribution in [0.5, 0.6) is 11.5 Å². The highest BCUT2D eigenvalue weighted by Gasteiger charge is 2.23. The topological polar surface area (TPSA) is 86.7 Å². The van der Waals surface area contributed by atoms with Crippen molar-refractivity contribution in [3.63, 3.8) is 0 Å². The zero-order valence-electron chi connectivity index (χ0n) is 12.0. The van der Waals surface area contributed by atoms with Crippen LogP contribution in [0.15, 0.2) is 17.0 Å². The molecule has 0 radical (unpaired) electrons. The Labute approximate surface area is 127 Å². The van der Waals surface area contributed by atoms with Gasteiger partial charge in [0.25, 0.3) is 9.05 Å². The van der Waals surface area contributed by atoms with Crippen LogP contribution in [0.1, 0.15) is 39.2 Å². The first-order valence-electron chi connectivity index (χ1n) is 6.01. The Hall–Kier alpha value is -1.60. The maximum atomic E-state index is 11.5. The van der Waals surface area contributed by atoms with Crippen LogP contribution in [0.3, 0.4) is 0 Å². The highest BCUT2D eigenvalue weighted by molar-refractivity contribution is 8.13. The van der Waals surface area contributed by atoms with Gasteiger partial charge in [-0.3, -0.25) is 9.59 Å². The molecule has 1 rings (SSSR count). The average Bonchev–Trinajstić information content (AvgIpc) is 2.27. The van der Waals surface area contributed by atoms with Crippen LogP contribution in [-0.4, -0.2) is 20.4 Å². The van der Waals surface area contributed by atoms with Crippen LogP contribution in [-0.2, 0) is 18.6 Å². The number of halogens is 1. The lowest BCUT2D eigenvalue weighted by atomic mass is 10.0. The Morgan fingerprint density at radius 3 is 2.00 bits per heavy atom. The van der Waals surface area contributed by atoms with Crippen molar-refractivity contribution < 1.29 is 27.5 Å². The molecule has 21 heavy (non-hydrogen) atoms. The quantitative estimate of drug-likeness (QED) is 0.478. The molecule has 116 valence electrons. The first kappa shape index (κ1) is 17.5. The second-order valence-corrected chi connectivity index (χ2v) is 7.19. The number of benzene rings is 1. The van der Waals surface area contributed by atoms with Crippen molar-refractivity contribution >= 4 is 31.7 Å². The lowest BCUT2D eigenvalue weighted by Gasteiger charge is -2.16. The summed E-state index contributed by atoms with van der Waals surface area (Å²) in [6, 6.07) is 2.34. The minimum atomic E-state index is -4.02. The molecular weight excluding hydrogens is 320 g/mol. The van der Waals surface area contributed by atoms with Gasteiger partial charge in [0.15, 0.2) is 11.5 Å². The molecule has 0 fully saturated rings. The molecule has 1 aromatic rings. The molecule has 0 N–H and O–H groups in total. The SMILES string of the molecule is CC(=O)Oc1cc(S(=O)(=O)Cl)cc(C(C)C)c1OC(C)=O. The minimum Gasteiger partial charge on any atom is -0.423 e. The largest absolute Gasteiger partial charge is 0.423 e. The van der Waals surface area contributed by atoms with Crippen molar-refractivity contribution in [3.05, 3.63) is 17.7 Å². The highest BCUT2D eigenvalue weighted by Crippen LogP contribution is 2.39. The highest BCUT2D eigenvalue weighted by atomic mass is 35.7. The van der Waals surface area contributed by atoms with E-state index in [-0.39, 0.29) is 22.3 Å². The smallest absolute Gasteiger partial charge is 0.308 e. The first-order chi connectivity index (χ1) is 9.52. The van der Waals surface area contributed by atoms with Crippen molar-refractivity contribution in [1.82, 2.24) is 0 Å². The lowest BCUT2D eigenvalue weighted by molar-refractivity contribution is -0.134. The van der Waals surface area contributed by atoms with E-state index in [0.29, 0.717) is 5.56 Å². The van der Waals surface area contributed by atoms with Crippen molar-refractivity contribution in [2.24, 2.45) is 0 Å². The molecule has 0 aliphatic heterocycles. The summed E-state index contributed by atoms with van der Waals surface area (Å²) in [5, 5.41) is 0. The molecule has 1 aromatic carbocycles. The summed E-state index contributed by atoms with van der Waals surface area (Å²) in [6.07, 6.45) is 0. The molecule has 0 atom stereocenters. The summed E-state index contributed by atoms with van der Waals surface area (Å²) in [5.74, 6) is -1.64. The third kappa shape index (κ3) is 4.71. The molecule has 0 aliphatic carbocycles. The van der Waals surface area contributed by atoms with Crippen molar-refractivity contribution in [2.45, 2.75) is 38.5 Å². The summed E-state index contributed by atoms with van der Waals surface area (Å²) >= 11 is 0. The number of rotatable bonds is 4. The first-order valence-corrected chi connectivity index (χ1v) is 8.32. The van der Waals surface area contributed by atoms with E-state index in [9.17, 15) is 18.0 Å². The Morgan fingerprint density at radius 2 is 1.62 bits per heavy atom. The van der Waals surface area contributed by atoms with E-state index in [2.05, 4.69) is 0 Å². The Morgan fingerprint density at radius 1 is 1.10 bits per heavy atom. The zero-order valence-corrected chi connectivity index (χ0v) is 13.5. The Bertz CT molecular complexity index is 678. The van der Waals surface area contributed by atoms with E-state index >= 15 is 0 Å². The summed E-state index contributed by atoms with van der Waals surface area (Å²) < 4.78 is 33.0. The van der Waals surface area contributed by atoms with Gasteiger partial charge >= 0.3 is 11.9 Å². The van der Waals surface area contributed by atoms with E-state index < -0.39 is 21.0 Å². The summed E-state index contributed by atoms with van der Waals surface area (Å²) in [4.78, 5) is 22.1. The molecule has 8 heteroatoms. The molecule has 0 saturated heterocycles. The molecule has 6 nitrogen and oxygen atoms in total. The molecule has 0 amide bonds. The third-order valence-corrected chi connectivity index (χ3v) is 3.79. The van der Waals surface area contributed by atoms with Crippen LogP contribution in [0.25, 0.3) is 0 Å². The van der Waals surface area contributed by atoms with Gasteiger partial charge in [0.1, 0.15) is 0 Å². The number of hydrogen-bond acceptors (Lipinski definition) is 6. The standard InChI is InChI=1S/C13H15ClO6S/c1-7(2)11-5-10(21(14,17)18)6-12(19-8(3)15)13(11)20-9(4)16/h5-7H,1-4H3. The summed E-state index contributed by atoms with van der Waals surface area (Å²) in [5.41, 5.74) is 0.392. The minimum absolute atomic E-state index is 0.0109. The lowest BCUT2D eigenvalue weighted by Crippen LogP contribution is -2.11. The predicted molar refractivity (Wildman–Crippen MR) is 76.2 cm³/mol. The van der Waals surface area contributed by atoms with Crippen molar-refractivity contribution in [3.8, 4) is 11.5 Å². The number of hydrogen-bond donors (Lipinski definition) is 0. The normalized spacial score (nSPS) is 11.3. The average molecular weight is 335 g/mol. The fourth-order valence-corrected chi connectivity index (χ4v) is 2.43. The van der Waals surface area contributed by atoms with Gasteiger partial charge in [-0.15, -0.1) is 0 Å². The number of esters is 2. The number of ether oxygens (including phenoxy) is 2. The molecular formula is C13H15ClO6S. The molecule has 0 spiro atoms. The Kier molecular flexibility index (Phi) is 5.36. The second kappa shape index (κ2) is 6.44. The van der Waals surface area contributed by atoms with E-state index in [1.165, 1.54) is 13.0 Å². The van der Waals surface area contributed by atoms with Crippen LogP contribution >= 0.6 is 10.7 Å². The summed E-state index contributed by atoms with van der Waals surface area (Å²) in [7, 11) is 1.30. The van der Waals surface area contributed by atoms with Gasteiger partial charge in [0, 0.05) is 36.2 Å². The van der Waals surface area contributed by atoms with E-state index in [0.717, 1.165) is 13.0 Å².